The summed E-state index contributed by atoms with van der Waals surface area (Å²) in [4.78, 5) is 11.7. The summed E-state index contributed by atoms with van der Waals surface area (Å²) in [6, 6.07) is -0.220. The molecule has 1 aliphatic heterocycles. The largest absolute Gasteiger partial charge is 0.462 e. The molecule has 2 atom stereocenters. The molecular formula is C12H20N4O4S. The summed E-state index contributed by atoms with van der Waals surface area (Å²) in [7, 11) is -3.85. The third kappa shape index (κ3) is 3.60. The van der Waals surface area contributed by atoms with Gasteiger partial charge in [0.1, 0.15) is 5.56 Å². The van der Waals surface area contributed by atoms with Gasteiger partial charge >= 0.3 is 5.97 Å². The van der Waals surface area contributed by atoms with Gasteiger partial charge in [0.05, 0.1) is 12.8 Å². The number of carbonyl (C=O) groups excluding carboxylic acids is 1. The molecule has 2 rings (SSSR count). The maximum atomic E-state index is 12.4. The minimum atomic E-state index is -3.85. The quantitative estimate of drug-likeness (QED) is 0.652. The van der Waals surface area contributed by atoms with E-state index in [4.69, 9.17) is 4.74 Å². The standard InChI is InChI=1S/C12H20N4O4S/c1-3-20-12(17)9-6-14-15-11(9)21(18,19)16-10-7-13-5-4-8(10)2/h6,8,10,13,16H,3-5,7H2,1-2H3,(H,14,15). The Morgan fingerprint density at radius 3 is 3.00 bits per heavy atom. The molecule has 1 aromatic rings. The molecule has 2 unspecified atom stereocenters. The first-order chi connectivity index (χ1) is 9.95. The van der Waals surface area contributed by atoms with Gasteiger partial charge < -0.3 is 10.1 Å². The molecule has 2 heterocycles. The van der Waals surface area contributed by atoms with Gasteiger partial charge in [0.25, 0.3) is 10.0 Å². The molecule has 0 aromatic carbocycles. The molecule has 118 valence electrons. The van der Waals surface area contributed by atoms with E-state index in [1.807, 2.05) is 6.92 Å². The van der Waals surface area contributed by atoms with E-state index in [0.29, 0.717) is 6.54 Å². The number of H-pyrrole nitrogens is 1. The van der Waals surface area contributed by atoms with E-state index in [2.05, 4.69) is 20.2 Å². The molecule has 0 bridgehead atoms. The average molecular weight is 316 g/mol. The minimum absolute atomic E-state index is 0.0826. The van der Waals surface area contributed by atoms with Crippen molar-refractivity contribution in [2.24, 2.45) is 5.92 Å². The molecule has 21 heavy (non-hydrogen) atoms. The molecule has 8 nitrogen and oxygen atoms in total. The van der Waals surface area contributed by atoms with Crippen LogP contribution in [0.15, 0.2) is 11.2 Å². The summed E-state index contributed by atoms with van der Waals surface area (Å²) in [6.07, 6.45) is 2.05. The molecule has 9 heteroatoms. The van der Waals surface area contributed by atoms with E-state index in [-0.39, 0.29) is 29.2 Å². The lowest BCUT2D eigenvalue weighted by Gasteiger charge is -2.29. The molecule has 0 radical (unpaired) electrons. The van der Waals surface area contributed by atoms with Gasteiger partial charge in [-0.3, -0.25) is 5.10 Å². The number of esters is 1. The summed E-state index contributed by atoms with van der Waals surface area (Å²) < 4.78 is 32.3. The molecule has 0 aliphatic carbocycles. The van der Waals surface area contributed by atoms with Crippen LogP contribution in [0.4, 0.5) is 0 Å². The highest BCUT2D eigenvalue weighted by Gasteiger charge is 2.31. The van der Waals surface area contributed by atoms with E-state index in [0.717, 1.165) is 19.2 Å². The lowest BCUT2D eigenvalue weighted by Crippen LogP contribution is -2.50. The number of nitrogens with zero attached hydrogens (tertiary/aromatic N) is 1. The summed E-state index contributed by atoms with van der Waals surface area (Å²) in [5, 5.41) is 8.91. The number of hydrogen-bond donors (Lipinski definition) is 3. The number of aromatic nitrogens is 2. The third-order valence-electron chi connectivity index (χ3n) is 3.50. The molecule has 1 fully saturated rings. The second-order valence-corrected chi connectivity index (χ2v) is 6.68. The number of ether oxygens (including phenoxy) is 1. The normalized spacial score (nSPS) is 23.0. The van der Waals surface area contributed by atoms with Gasteiger partial charge in [-0.2, -0.15) is 5.10 Å². The zero-order valence-corrected chi connectivity index (χ0v) is 12.9. The Bertz CT molecular complexity index is 598. The van der Waals surface area contributed by atoms with Crippen LogP contribution >= 0.6 is 0 Å². The number of aromatic amines is 1. The first-order valence-corrected chi connectivity index (χ1v) is 8.37. The number of rotatable bonds is 5. The minimum Gasteiger partial charge on any atom is -0.462 e. The van der Waals surface area contributed by atoms with Gasteiger partial charge in [0, 0.05) is 12.6 Å². The van der Waals surface area contributed by atoms with Crippen LogP contribution in [0, 0.1) is 5.92 Å². The number of hydrogen-bond acceptors (Lipinski definition) is 6. The van der Waals surface area contributed by atoms with Crippen LogP contribution < -0.4 is 10.0 Å². The van der Waals surface area contributed by atoms with Crippen molar-refractivity contribution in [1.82, 2.24) is 20.2 Å². The molecule has 1 aromatic heterocycles. The number of sulfonamides is 1. The van der Waals surface area contributed by atoms with Gasteiger partial charge in [0.15, 0.2) is 5.03 Å². The van der Waals surface area contributed by atoms with Crippen molar-refractivity contribution in [3.05, 3.63) is 11.8 Å². The van der Waals surface area contributed by atoms with Crippen molar-refractivity contribution in [2.45, 2.75) is 31.3 Å². The number of nitrogens with one attached hydrogen (secondary N) is 3. The highest BCUT2D eigenvalue weighted by Crippen LogP contribution is 2.17. The Labute approximate surface area is 123 Å². The molecule has 0 saturated carbocycles. The van der Waals surface area contributed by atoms with Crippen molar-refractivity contribution < 1.29 is 17.9 Å². The van der Waals surface area contributed by atoms with Crippen LogP contribution in [-0.2, 0) is 14.8 Å². The zero-order chi connectivity index (χ0) is 15.5. The summed E-state index contributed by atoms with van der Waals surface area (Å²) >= 11 is 0. The van der Waals surface area contributed by atoms with Gasteiger partial charge in [0.2, 0.25) is 0 Å². The second kappa shape index (κ2) is 6.54. The Balaban J connectivity index is 2.20. The molecule has 0 spiro atoms. The fraction of sp³-hybridized carbons (Fsp3) is 0.667. The highest BCUT2D eigenvalue weighted by molar-refractivity contribution is 7.89. The van der Waals surface area contributed by atoms with Crippen molar-refractivity contribution in [3.63, 3.8) is 0 Å². The molecule has 1 saturated heterocycles. The van der Waals surface area contributed by atoms with E-state index in [9.17, 15) is 13.2 Å². The first-order valence-electron chi connectivity index (χ1n) is 6.89. The Hall–Kier alpha value is -1.45. The predicted octanol–water partition coefficient (Wildman–Crippen LogP) is -0.137. The van der Waals surface area contributed by atoms with Crippen LogP contribution in [-0.4, -0.2) is 50.3 Å². The van der Waals surface area contributed by atoms with E-state index in [1.165, 1.54) is 0 Å². The number of piperidine rings is 1. The fourth-order valence-electron chi connectivity index (χ4n) is 2.24. The monoisotopic (exact) mass is 316 g/mol. The van der Waals surface area contributed by atoms with Crippen LogP contribution in [0.5, 0.6) is 0 Å². The fourth-order valence-corrected chi connectivity index (χ4v) is 3.67. The predicted molar refractivity (Wildman–Crippen MR) is 75.3 cm³/mol. The summed E-state index contributed by atoms with van der Waals surface area (Å²) in [5.41, 5.74) is -0.0826. The SMILES string of the molecule is CCOC(=O)c1cn[nH]c1S(=O)(=O)NC1CNCCC1C. The topological polar surface area (TPSA) is 113 Å². The van der Waals surface area contributed by atoms with Gasteiger partial charge in [-0.15, -0.1) is 0 Å². The summed E-state index contributed by atoms with van der Waals surface area (Å²) in [5.74, 6) is -0.489. The van der Waals surface area contributed by atoms with E-state index < -0.39 is 16.0 Å². The summed E-state index contributed by atoms with van der Waals surface area (Å²) in [6.45, 7) is 5.24. The van der Waals surface area contributed by atoms with Crippen molar-refractivity contribution >= 4 is 16.0 Å². The van der Waals surface area contributed by atoms with Gasteiger partial charge in [-0.25, -0.2) is 17.9 Å². The Morgan fingerprint density at radius 2 is 2.33 bits per heavy atom. The van der Waals surface area contributed by atoms with Crippen molar-refractivity contribution in [3.8, 4) is 0 Å². The molecule has 1 aliphatic rings. The lowest BCUT2D eigenvalue weighted by atomic mass is 9.96. The van der Waals surface area contributed by atoms with Gasteiger partial charge in [-0.05, 0) is 25.8 Å². The van der Waals surface area contributed by atoms with E-state index in [1.54, 1.807) is 6.92 Å². The average Bonchev–Trinajstić information content (AvgIpc) is 2.92. The van der Waals surface area contributed by atoms with Crippen LogP contribution in [0.25, 0.3) is 0 Å². The van der Waals surface area contributed by atoms with Gasteiger partial charge in [-0.1, -0.05) is 6.92 Å². The molecular weight excluding hydrogens is 296 g/mol. The first kappa shape index (κ1) is 15.9. The lowest BCUT2D eigenvalue weighted by molar-refractivity contribution is 0.0522. The Kier molecular flexibility index (Phi) is 4.96. The third-order valence-corrected chi connectivity index (χ3v) is 4.96. The second-order valence-electron chi connectivity index (χ2n) is 5.03. The van der Waals surface area contributed by atoms with Crippen LogP contribution in [0.3, 0.4) is 0 Å². The number of carbonyl (C=O) groups is 1. The van der Waals surface area contributed by atoms with Crippen LogP contribution in [0.2, 0.25) is 0 Å². The van der Waals surface area contributed by atoms with E-state index >= 15 is 0 Å². The maximum absolute atomic E-state index is 12.4. The van der Waals surface area contributed by atoms with Crippen molar-refractivity contribution in [2.75, 3.05) is 19.7 Å². The Morgan fingerprint density at radius 1 is 1.57 bits per heavy atom. The highest BCUT2D eigenvalue weighted by atomic mass is 32.2. The zero-order valence-electron chi connectivity index (χ0n) is 12.0. The van der Waals surface area contributed by atoms with Crippen LogP contribution in [0.1, 0.15) is 30.6 Å². The molecule has 0 amide bonds. The smallest absolute Gasteiger partial charge is 0.342 e. The molecule has 3 N–H and O–H groups in total. The maximum Gasteiger partial charge on any atom is 0.342 e. The van der Waals surface area contributed by atoms with Crippen molar-refractivity contribution in [1.29, 1.82) is 0 Å².